The predicted molar refractivity (Wildman–Crippen MR) is 106 cm³/mol. The molecule has 0 heterocycles. The van der Waals surface area contributed by atoms with E-state index in [9.17, 15) is 4.79 Å². The molecule has 3 rings (SSSR count). The zero-order valence-corrected chi connectivity index (χ0v) is 17.1. The number of fused-ring (bicyclic) bond motifs is 1. The summed E-state index contributed by atoms with van der Waals surface area (Å²) in [6.45, 7) is 2.43. The van der Waals surface area contributed by atoms with Crippen LogP contribution in [0.1, 0.15) is 62.2 Å². The van der Waals surface area contributed by atoms with Gasteiger partial charge in [-0.3, -0.25) is 4.79 Å². The molecule has 2 aliphatic rings. The van der Waals surface area contributed by atoms with E-state index in [2.05, 4.69) is 26.5 Å². The molecule has 2 aliphatic carbocycles. The molecule has 0 saturated heterocycles. The molecule has 0 aliphatic heterocycles. The summed E-state index contributed by atoms with van der Waals surface area (Å²) in [5, 5.41) is 4.42. The largest absolute Gasteiger partial charge is 0.493 e. The van der Waals surface area contributed by atoms with Crippen LogP contribution in [0.25, 0.3) is 0 Å². The summed E-state index contributed by atoms with van der Waals surface area (Å²) in [4.78, 5) is 12.5. The molecule has 0 radical (unpaired) electrons. The highest BCUT2D eigenvalue weighted by Crippen LogP contribution is 2.39. The number of nitrogens with zero attached hydrogens (tertiary/aromatic N) is 1. The lowest BCUT2D eigenvalue weighted by Crippen LogP contribution is -2.29. The third-order valence-corrected chi connectivity index (χ3v) is 6.05. The Bertz CT molecular complexity index is 690. The molecule has 5 nitrogen and oxygen atoms in total. The number of nitrogens with one attached hydrogen (secondary N) is 1. The van der Waals surface area contributed by atoms with Crippen molar-refractivity contribution in [1.82, 2.24) is 5.43 Å². The maximum atomic E-state index is 12.5. The monoisotopic (exact) mass is 422 g/mol. The van der Waals surface area contributed by atoms with Crippen LogP contribution in [0.2, 0.25) is 0 Å². The van der Waals surface area contributed by atoms with Crippen molar-refractivity contribution in [2.24, 2.45) is 16.9 Å². The number of hydrogen-bond acceptors (Lipinski definition) is 4. The lowest BCUT2D eigenvalue weighted by molar-refractivity contribution is 0.0953. The second-order valence-corrected chi connectivity index (χ2v) is 7.94. The summed E-state index contributed by atoms with van der Waals surface area (Å²) in [6, 6.07) is 3.42. The highest BCUT2D eigenvalue weighted by atomic mass is 79.9. The van der Waals surface area contributed by atoms with Crippen LogP contribution in [0.15, 0.2) is 21.7 Å². The molecule has 1 N–H and O–H groups in total. The van der Waals surface area contributed by atoms with Gasteiger partial charge in [0.2, 0.25) is 0 Å². The zero-order valence-electron chi connectivity index (χ0n) is 15.5. The first-order valence-corrected chi connectivity index (χ1v) is 10.3. The predicted octanol–water partition coefficient (Wildman–Crippen LogP) is 4.93. The van der Waals surface area contributed by atoms with Gasteiger partial charge >= 0.3 is 0 Å². The standard InChI is InChI=1S/C20H27BrN2O3/c1-3-26-19-17(21)11-15(12-18(19)25-2)20(24)23-22-16-9-8-13-6-4-5-7-14(13)10-16/h11-14H,3-10H2,1-2H3,(H,23,24)/b22-16-/t13-,14+/m1/s1. The van der Waals surface area contributed by atoms with Gasteiger partial charge in [-0.15, -0.1) is 0 Å². The number of hydrogen-bond donors (Lipinski definition) is 1. The maximum absolute atomic E-state index is 12.5. The Labute approximate surface area is 163 Å². The zero-order chi connectivity index (χ0) is 18.5. The molecule has 0 unspecified atom stereocenters. The highest BCUT2D eigenvalue weighted by molar-refractivity contribution is 9.10. The number of amides is 1. The number of carbonyl (C=O) groups is 1. The van der Waals surface area contributed by atoms with Crippen LogP contribution in [0, 0.1) is 11.8 Å². The first kappa shape index (κ1) is 19.2. The van der Waals surface area contributed by atoms with E-state index in [1.807, 2.05) is 6.92 Å². The van der Waals surface area contributed by atoms with Crippen molar-refractivity contribution in [3.63, 3.8) is 0 Å². The summed E-state index contributed by atoms with van der Waals surface area (Å²) in [5.74, 6) is 2.53. The van der Waals surface area contributed by atoms with Crippen LogP contribution in [0.3, 0.4) is 0 Å². The highest BCUT2D eigenvalue weighted by Gasteiger charge is 2.30. The van der Waals surface area contributed by atoms with Gasteiger partial charge in [0.05, 0.1) is 18.2 Å². The van der Waals surface area contributed by atoms with Crippen LogP contribution < -0.4 is 14.9 Å². The number of hydrazone groups is 1. The molecule has 1 aromatic carbocycles. The molecular formula is C20H27BrN2O3. The first-order chi connectivity index (χ1) is 12.6. The van der Waals surface area contributed by atoms with Gasteiger partial charge in [0.1, 0.15) is 0 Å². The molecule has 26 heavy (non-hydrogen) atoms. The summed E-state index contributed by atoms with van der Waals surface area (Å²) >= 11 is 3.45. The van der Waals surface area contributed by atoms with Gasteiger partial charge in [-0.05, 0) is 72.5 Å². The van der Waals surface area contributed by atoms with Gasteiger partial charge in [-0.1, -0.05) is 19.3 Å². The van der Waals surface area contributed by atoms with Crippen LogP contribution in [0.5, 0.6) is 11.5 Å². The average Bonchev–Trinajstić information content (AvgIpc) is 2.67. The summed E-state index contributed by atoms with van der Waals surface area (Å²) < 4.78 is 11.6. The van der Waals surface area contributed by atoms with Gasteiger partial charge in [-0.25, -0.2) is 5.43 Å². The third kappa shape index (κ3) is 4.40. The number of methoxy groups -OCH3 is 1. The Balaban J connectivity index is 1.67. The van der Waals surface area contributed by atoms with Crippen molar-refractivity contribution in [3.8, 4) is 11.5 Å². The lowest BCUT2D eigenvalue weighted by atomic mass is 9.70. The van der Waals surface area contributed by atoms with Gasteiger partial charge in [0, 0.05) is 11.3 Å². The lowest BCUT2D eigenvalue weighted by Gasteiger charge is -2.35. The third-order valence-electron chi connectivity index (χ3n) is 5.46. The minimum Gasteiger partial charge on any atom is -0.493 e. The van der Waals surface area contributed by atoms with E-state index in [0.29, 0.717) is 28.1 Å². The van der Waals surface area contributed by atoms with E-state index in [0.717, 1.165) is 30.4 Å². The number of halogens is 1. The molecule has 142 valence electrons. The fourth-order valence-electron chi connectivity index (χ4n) is 4.12. The van der Waals surface area contributed by atoms with Crippen molar-refractivity contribution in [2.45, 2.75) is 51.9 Å². The Morgan fingerprint density at radius 3 is 2.77 bits per heavy atom. The second kappa shape index (κ2) is 8.89. The molecule has 0 bridgehead atoms. The summed E-state index contributed by atoms with van der Waals surface area (Å²) in [7, 11) is 1.56. The molecule has 6 heteroatoms. The number of benzene rings is 1. The Morgan fingerprint density at radius 2 is 2.04 bits per heavy atom. The van der Waals surface area contributed by atoms with Crippen molar-refractivity contribution in [2.75, 3.05) is 13.7 Å². The van der Waals surface area contributed by atoms with E-state index >= 15 is 0 Å². The van der Waals surface area contributed by atoms with Crippen molar-refractivity contribution in [3.05, 3.63) is 22.2 Å². The van der Waals surface area contributed by atoms with E-state index in [1.54, 1.807) is 19.2 Å². The van der Waals surface area contributed by atoms with E-state index < -0.39 is 0 Å². The van der Waals surface area contributed by atoms with Gasteiger partial charge < -0.3 is 9.47 Å². The SMILES string of the molecule is CCOc1c(Br)cc(C(=O)N/N=C2/CC[C@H]3CCCC[C@H]3C2)cc1OC. The minimum absolute atomic E-state index is 0.231. The molecule has 2 saturated carbocycles. The molecule has 0 spiro atoms. The second-order valence-electron chi connectivity index (χ2n) is 7.09. The van der Waals surface area contributed by atoms with Crippen LogP contribution in [-0.4, -0.2) is 25.3 Å². The smallest absolute Gasteiger partial charge is 0.271 e. The molecule has 1 aromatic rings. The van der Waals surface area contributed by atoms with E-state index in [-0.39, 0.29) is 5.91 Å². The Hall–Kier alpha value is -1.56. The number of ether oxygens (including phenoxy) is 2. The fraction of sp³-hybridized carbons (Fsp3) is 0.600. The van der Waals surface area contributed by atoms with Gasteiger partial charge in [-0.2, -0.15) is 5.10 Å². The molecule has 1 amide bonds. The van der Waals surface area contributed by atoms with Crippen LogP contribution in [0.4, 0.5) is 0 Å². The summed E-state index contributed by atoms with van der Waals surface area (Å²) in [6.07, 6.45) is 8.62. The van der Waals surface area contributed by atoms with E-state index in [4.69, 9.17) is 9.47 Å². The summed E-state index contributed by atoms with van der Waals surface area (Å²) in [5.41, 5.74) is 4.34. The molecule has 2 atom stereocenters. The molecule has 2 fully saturated rings. The molecule has 0 aromatic heterocycles. The topological polar surface area (TPSA) is 59.9 Å². The van der Waals surface area contributed by atoms with Crippen LogP contribution in [-0.2, 0) is 0 Å². The van der Waals surface area contributed by atoms with Gasteiger partial charge in [0.15, 0.2) is 11.5 Å². The Kier molecular flexibility index (Phi) is 6.57. The quantitative estimate of drug-likeness (QED) is 0.683. The fourth-order valence-corrected chi connectivity index (χ4v) is 4.68. The average molecular weight is 423 g/mol. The molecular weight excluding hydrogens is 396 g/mol. The Morgan fingerprint density at radius 1 is 1.27 bits per heavy atom. The number of rotatable bonds is 5. The minimum atomic E-state index is -0.231. The van der Waals surface area contributed by atoms with Crippen molar-refractivity contribution < 1.29 is 14.3 Å². The van der Waals surface area contributed by atoms with E-state index in [1.165, 1.54) is 32.1 Å². The first-order valence-electron chi connectivity index (χ1n) is 9.48. The maximum Gasteiger partial charge on any atom is 0.271 e. The van der Waals surface area contributed by atoms with Gasteiger partial charge in [0.25, 0.3) is 5.91 Å². The van der Waals surface area contributed by atoms with Crippen LogP contribution >= 0.6 is 15.9 Å². The normalized spacial score (nSPS) is 24.0. The number of carbonyl (C=O) groups excluding carboxylic acids is 1. The van der Waals surface area contributed by atoms with Crippen molar-refractivity contribution in [1.29, 1.82) is 0 Å². The van der Waals surface area contributed by atoms with Crippen molar-refractivity contribution >= 4 is 27.5 Å².